The van der Waals surface area contributed by atoms with Gasteiger partial charge in [0.15, 0.2) is 11.5 Å². The minimum absolute atomic E-state index is 0.0152. The number of aliphatic hydroxyl groups excluding tert-OH is 1. The number of anilines is 1. The zero-order valence-electron chi connectivity index (χ0n) is 16.9. The van der Waals surface area contributed by atoms with Gasteiger partial charge in [0.1, 0.15) is 5.58 Å². The smallest absolute Gasteiger partial charge is 0.294 e. The Hall–Kier alpha value is -3.90. The van der Waals surface area contributed by atoms with Crippen molar-refractivity contribution in [2.45, 2.75) is 13.0 Å². The quantitative estimate of drug-likeness (QED) is 0.416. The summed E-state index contributed by atoms with van der Waals surface area (Å²) >= 11 is 6.04. The Bertz CT molecular complexity index is 1390. The summed E-state index contributed by atoms with van der Waals surface area (Å²) < 4.78 is 5.73. The molecule has 158 valence electrons. The van der Waals surface area contributed by atoms with E-state index in [0.717, 1.165) is 5.56 Å². The third-order valence-corrected chi connectivity index (χ3v) is 5.72. The lowest BCUT2D eigenvalue weighted by atomic mass is 9.95. The van der Waals surface area contributed by atoms with Gasteiger partial charge in [-0.15, -0.1) is 0 Å². The van der Waals surface area contributed by atoms with Crippen molar-refractivity contribution in [2.75, 3.05) is 4.90 Å². The van der Waals surface area contributed by atoms with Gasteiger partial charge >= 0.3 is 0 Å². The van der Waals surface area contributed by atoms with Crippen LogP contribution in [0.1, 0.15) is 27.7 Å². The van der Waals surface area contributed by atoms with E-state index >= 15 is 0 Å². The van der Waals surface area contributed by atoms with Gasteiger partial charge in [-0.3, -0.25) is 19.5 Å². The number of carbonyl (C=O) groups is 2. The molecule has 4 aromatic rings. The van der Waals surface area contributed by atoms with Crippen molar-refractivity contribution in [1.29, 1.82) is 0 Å². The summed E-state index contributed by atoms with van der Waals surface area (Å²) in [6, 6.07) is 16.5. The first kappa shape index (κ1) is 20.0. The second kappa shape index (κ2) is 7.66. The van der Waals surface area contributed by atoms with E-state index in [-0.39, 0.29) is 11.3 Å². The van der Waals surface area contributed by atoms with Crippen LogP contribution in [0, 0.1) is 6.92 Å². The standard InChI is InChI=1S/C25H17ClN2O4/c1-14-2-5-18(6-3-14)28-22(15-8-10-27-11-9-15)21(24(30)25(28)31)23(29)20-13-16-12-17(26)4-7-19(16)32-20/h2-13,22,30H,1H3. The van der Waals surface area contributed by atoms with Gasteiger partial charge in [0.2, 0.25) is 5.78 Å². The fourth-order valence-corrected chi connectivity index (χ4v) is 4.11. The van der Waals surface area contributed by atoms with Crippen LogP contribution in [0.3, 0.4) is 0 Å². The first-order valence-corrected chi connectivity index (χ1v) is 10.3. The average Bonchev–Trinajstić information content (AvgIpc) is 3.33. The van der Waals surface area contributed by atoms with Crippen molar-refractivity contribution in [1.82, 2.24) is 4.98 Å². The molecule has 1 amide bonds. The molecular weight excluding hydrogens is 428 g/mol. The fourth-order valence-electron chi connectivity index (χ4n) is 3.93. The molecule has 1 aliphatic heterocycles. The second-order valence-electron chi connectivity index (χ2n) is 7.58. The fraction of sp³-hybridized carbons (Fsp3) is 0.0800. The van der Waals surface area contributed by atoms with Crippen molar-refractivity contribution in [2.24, 2.45) is 0 Å². The summed E-state index contributed by atoms with van der Waals surface area (Å²) in [7, 11) is 0. The lowest BCUT2D eigenvalue weighted by Crippen LogP contribution is -2.31. The monoisotopic (exact) mass is 444 g/mol. The van der Waals surface area contributed by atoms with Crippen LogP contribution in [0.2, 0.25) is 5.02 Å². The molecule has 2 aromatic carbocycles. The molecule has 2 aromatic heterocycles. The maximum atomic E-state index is 13.5. The van der Waals surface area contributed by atoms with Gasteiger partial charge in [0.25, 0.3) is 5.91 Å². The van der Waals surface area contributed by atoms with Crippen LogP contribution in [0.25, 0.3) is 11.0 Å². The predicted octanol–water partition coefficient (Wildman–Crippen LogP) is 5.57. The number of aryl methyl sites for hydroxylation is 1. The summed E-state index contributed by atoms with van der Waals surface area (Å²) in [5, 5.41) is 12.0. The maximum Gasteiger partial charge on any atom is 0.294 e. The Morgan fingerprint density at radius 2 is 1.78 bits per heavy atom. The van der Waals surface area contributed by atoms with Crippen LogP contribution >= 0.6 is 11.6 Å². The topological polar surface area (TPSA) is 83.6 Å². The second-order valence-corrected chi connectivity index (χ2v) is 8.01. The van der Waals surface area contributed by atoms with E-state index in [9.17, 15) is 14.7 Å². The molecule has 0 spiro atoms. The molecule has 1 N–H and O–H groups in total. The van der Waals surface area contributed by atoms with E-state index in [1.165, 1.54) is 4.90 Å². The zero-order valence-corrected chi connectivity index (χ0v) is 17.7. The normalized spacial score (nSPS) is 16.2. The molecule has 32 heavy (non-hydrogen) atoms. The van der Waals surface area contributed by atoms with Gasteiger partial charge in [0.05, 0.1) is 11.6 Å². The SMILES string of the molecule is Cc1ccc(N2C(=O)C(O)=C(C(=O)c3cc4cc(Cl)ccc4o3)C2c2ccncc2)cc1. The number of fused-ring (bicyclic) bond motifs is 1. The van der Waals surface area contributed by atoms with Crippen molar-refractivity contribution in [3.63, 3.8) is 0 Å². The average molecular weight is 445 g/mol. The lowest BCUT2D eigenvalue weighted by Gasteiger charge is -2.26. The number of amides is 1. The largest absolute Gasteiger partial charge is 0.503 e. The highest BCUT2D eigenvalue weighted by molar-refractivity contribution is 6.31. The first-order chi connectivity index (χ1) is 15.4. The summed E-state index contributed by atoms with van der Waals surface area (Å²) in [6.07, 6.45) is 3.15. The molecule has 1 unspecified atom stereocenters. The number of Topliss-reactive ketones (excluding diaryl/α,β-unsaturated/α-hetero) is 1. The van der Waals surface area contributed by atoms with E-state index < -0.39 is 23.5 Å². The highest BCUT2D eigenvalue weighted by Crippen LogP contribution is 2.42. The number of hydrogen-bond donors (Lipinski definition) is 1. The number of rotatable bonds is 4. The number of halogens is 1. The molecule has 1 atom stereocenters. The van der Waals surface area contributed by atoms with Gasteiger partial charge in [-0.25, -0.2) is 0 Å². The van der Waals surface area contributed by atoms with Crippen molar-refractivity contribution in [3.05, 3.63) is 106 Å². The van der Waals surface area contributed by atoms with E-state index in [1.807, 2.05) is 19.1 Å². The summed E-state index contributed by atoms with van der Waals surface area (Å²) in [6.45, 7) is 1.94. The van der Waals surface area contributed by atoms with Crippen LogP contribution in [0.15, 0.2) is 88.8 Å². The number of furan rings is 1. The molecule has 0 fully saturated rings. The molecule has 0 radical (unpaired) electrons. The minimum atomic E-state index is -0.836. The number of aromatic nitrogens is 1. The Balaban J connectivity index is 1.65. The summed E-state index contributed by atoms with van der Waals surface area (Å²) in [5.74, 6) is -1.81. The molecule has 0 aliphatic carbocycles. The zero-order chi connectivity index (χ0) is 22.4. The van der Waals surface area contributed by atoms with Gasteiger partial charge in [-0.1, -0.05) is 29.3 Å². The lowest BCUT2D eigenvalue weighted by molar-refractivity contribution is -0.117. The highest BCUT2D eigenvalue weighted by Gasteiger charge is 2.45. The molecule has 5 rings (SSSR count). The van der Waals surface area contributed by atoms with Crippen LogP contribution in [0.5, 0.6) is 0 Å². The molecule has 0 saturated carbocycles. The minimum Gasteiger partial charge on any atom is -0.503 e. The van der Waals surface area contributed by atoms with Crippen LogP contribution in [-0.2, 0) is 4.79 Å². The van der Waals surface area contributed by atoms with Crippen LogP contribution in [0.4, 0.5) is 5.69 Å². The number of ketones is 1. The summed E-state index contributed by atoms with van der Waals surface area (Å²) in [4.78, 5) is 32.1. The predicted molar refractivity (Wildman–Crippen MR) is 121 cm³/mol. The molecule has 3 heterocycles. The first-order valence-electron chi connectivity index (χ1n) is 9.91. The van der Waals surface area contributed by atoms with Crippen LogP contribution < -0.4 is 4.90 Å². The molecule has 0 bridgehead atoms. The molecular formula is C25H17ClN2O4. The van der Waals surface area contributed by atoms with E-state index in [1.54, 1.807) is 60.9 Å². The number of hydrogen-bond acceptors (Lipinski definition) is 5. The van der Waals surface area contributed by atoms with Crippen molar-refractivity contribution >= 4 is 39.9 Å². The van der Waals surface area contributed by atoms with Crippen LogP contribution in [-0.4, -0.2) is 21.8 Å². The van der Waals surface area contributed by atoms with E-state index in [4.69, 9.17) is 16.0 Å². The Morgan fingerprint density at radius 1 is 1.06 bits per heavy atom. The Labute approximate surface area is 188 Å². The van der Waals surface area contributed by atoms with Gasteiger partial charge in [-0.05, 0) is 61.0 Å². The van der Waals surface area contributed by atoms with Gasteiger partial charge in [-0.2, -0.15) is 0 Å². The number of pyridine rings is 1. The Kier molecular flexibility index (Phi) is 4.79. The van der Waals surface area contributed by atoms with Crippen molar-refractivity contribution in [3.8, 4) is 0 Å². The molecule has 1 aliphatic rings. The number of carbonyl (C=O) groups excluding carboxylic acids is 2. The number of benzene rings is 2. The number of aliphatic hydroxyl groups is 1. The van der Waals surface area contributed by atoms with Gasteiger partial charge < -0.3 is 9.52 Å². The van der Waals surface area contributed by atoms with Crippen molar-refractivity contribution < 1.29 is 19.1 Å². The summed E-state index contributed by atoms with van der Waals surface area (Å²) in [5.41, 5.74) is 2.66. The third kappa shape index (κ3) is 3.25. The van der Waals surface area contributed by atoms with Gasteiger partial charge in [0, 0.05) is 28.5 Å². The highest BCUT2D eigenvalue weighted by atomic mass is 35.5. The maximum absolute atomic E-state index is 13.5. The molecule has 6 nitrogen and oxygen atoms in total. The van der Waals surface area contributed by atoms with E-state index in [0.29, 0.717) is 27.2 Å². The van der Waals surface area contributed by atoms with E-state index in [2.05, 4.69) is 4.98 Å². The third-order valence-electron chi connectivity index (χ3n) is 5.49. The molecule has 7 heteroatoms. The molecule has 0 saturated heterocycles. The Morgan fingerprint density at radius 3 is 2.50 bits per heavy atom. The number of nitrogens with zero attached hydrogens (tertiary/aromatic N) is 2.